The summed E-state index contributed by atoms with van der Waals surface area (Å²) in [5.74, 6) is -0.128. The molecule has 0 amide bonds. The summed E-state index contributed by atoms with van der Waals surface area (Å²) >= 11 is 12.1. The molecule has 1 aromatic heterocycles. The number of hydrogen-bond donors (Lipinski definition) is 1. The van der Waals surface area contributed by atoms with E-state index < -0.39 is 6.10 Å². The average molecular weight is 309 g/mol. The largest absolute Gasteiger partial charge is 0.382 e. The number of hydrogen-bond acceptors (Lipinski definition) is 3. The van der Waals surface area contributed by atoms with Crippen molar-refractivity contribution < 1.29 is 5.11 Å². The smallest absolute Gasteiger partial charge is 0.119 e. The maximum atomic E-state index is 10.3. The fraction of sp³-hybridized carbons (Fsp3) is 0.200. The summed E-state index contributed by atoms with van der Waals surface area (Å²) < 4.78 is 0. The minimum atomic E-state index is -0.884. The summed E-state index contributed by atoms with van der Waals surface area (Å²) in [6, 6.07) is 5.28. The molecule has 0 radical (unpaired) electrons. The zero-order valence-corrected chi connectivity index (χ0v) is 12.4. The van der Waals surface area contributed by atoms with Gasteiger partial charge < -0.3 is 5.11 Å². The Kier molecular flexibility index (Phi) is 4.76. The Bertz CT molecular complexity index is 617. The van der Waals surface area contributed by atoms with E-state index in [1.54, 1.807) is 18.3 Å². The van der Waals surface area contributed by atoms with Gasteiger partial charge in [0.2, 0.25) is 0 Å². The molecule has 0 bridgehead atoms. The molecule has 3 nitrogen and oxygen atoms in total. The maximum absolute atomic E-state index is 10.3. The first-order chi connectivity index (χ1) is 9.50. The van der Waals surface area contributed by atoms with Gasteiger partial charge in [0.05, 0.1) is 11.9 Å². The summed E-state index contributed by atoms with van der Waals surface area (Å²) in [5, 5.41) is 11.4. The van der Waals surface area contributed by atoms with Crippen LogP contribution in [0.15, 0.2) is 48.9 Å². The lowest BCUT2D eigenvalue weighted by atomic mass is 9.89. The second kappa shape index (κ2) is 6.35. The van der Waals surface area contributed by atoms with E-state index in [0.717, 1.165) is 5.56 Å². The van der Waals surface area contributed by atoms with Crippen molar-refractivity contribution in [2.24, 2.45) is 0 Å². The van der Waals surface area contributed by atoms with E-state index in [4.69, 9.17) is 23.2 Å². The number of nitrogens with zero attached hydrogens (tertiary/aromatic N) is 2. The highest BCUT2D eigenvalue weighted by molar-refractivity contribution is 6.35. The minimum absolute atomic E-state index is 0.128. The highest BCUT2D eigenvalue weighted by Crippen LogP contribution is 2.35. The van der Waals surface area contributed by atoms with Gasteiger partial charge in [0.25, 0.3) is 0 Å². The molecule has 0 fully saturated rings. The molecule has 0 saturated carbocycles. The third-order valence-electron chi connectivity index (χ3n) is 3.20. The zero-order chi connectivity index (χ0) is 14.7. The van der Waals surface area contributed by atoms with E-state index in [1.807, 2.05) is 13.0 Å². The molecule has 0 saturated heterocycles. The van der Waals surface area contributed by atoms with Crippen LogP contribution in [0.25, 0.3) is 0 Å². The fourth-order valence-corrected chi connectivity index (χ4v) is 2.50. The Morgan fingerprint density at radius 1 is 1.30 bits per heavy atom. The Balaban J connectivity index is 2.24. The van der Waals surface area contributed by atoms with Crippen molar-refractivity contribution in [1.29, 1.82) is 0 Å². The topological polar surface area (TPSA) is 46.0 Å². The first-order valence-electron chi connectivity index (χ1n) is 6.08. The number of rotatable bonds is 4. The van der Waals surface area contributed by atoms with Crippen molar-refractivity contribution in [2.75, 3.05) is 0 Å². The lowest BCUT2D eigenvalue weighted by Gasteiger charge is -2.21. The Labute approximate surface area is 127 Å². The molecule has 2 unspecified atom stereocenters. The van der Waals surface area contributed by atoms with Gasteiger partial charge in [0, 0.05) is 28.4 Å². The Morgan fingerprint density at radius 2 is 2.05 bits per heavy atom. The van der Waals surface area contributed by atoms with Crippen molar-refractivity contribution in [3.8, 4) is 0 Å². The van der Waals surface area contributed by atoms with Gasteiger partial charge in [0.1, 0.15) is 6.10 Å². The third-order valence-corrected chi connectivity index (χ3v) is 3.76. The molecule has 0 spiro atoms. The summed E-state index contributed by atoms with van der Waals surface area (Å²) in [6.07, 6.45) is 3.72. The first-order valence-corrected chi connectivity index (χ1v) is 6.84. The van der Waals surface area contributed by atoms with E-state index in [9.17, 15) is 5.11 Å². The Morgan fingerprint density at radius 3 is 2.65 bits per heavy atom. The molecular weight excluding hydrogens is 295 g/mol. The minimum Gasteiger partial charge on any atom is -0.382 e. The van der Waals surface area contributed by atoms with E-state index in [1.165, 1.54) is 12.4 Å². The molecule has 2 rings (SSSR count). The zero-order valence-electron chi connectivity index (χ0n) is 10.9. The third kappa shape index (κ3) is 3.18. The van der Waals surface area contributed by atoms with Crippen molar-refractivity contribution in [3.63, 3.8) is 0 Å². The Hall–Kier alpha value is -1.42. The number of aliphatic hydroxyl groups is 1. The number of benzene rings is 1. The van der Waals surface area contributed by atoms with Crippen molar-refractivity contribution in [1.82, 2.24) is 9.97 Å². The summed E-state index contributed by atoms with van der Waals surface area (Å²) in [6.45, 7) is 5.89. The van der Waals surface area contributed by atoms with Crippen molar-refractivity contribution in [3.05, 3.63) is 70.2 Å². The molecule has 0 aliphatic carbocycles. The quantitative estimate of drug-likeness (QED) is 0.862. The van der Waals surface area contributed by atoms with Crippen LogP contribution < -0.4 is 0 Å². The van der Waals surface area contributed by atoms with Gasteiger partial charge in [-0.2, -0.15) is 0 Å². The van der Waals surface area contributed by atoms with Gasteiger partial charge in [-0.1, -0.05) is 42.8 Å². The summed E-state index contributed by atoms with van der Waals surface area (Å²) in [4.78, 5) is 8.03. The standard InChI is InChI=1S/C15H14Cl2N2O/c1-9(12-4-3-11(16)7-13(12)17)10(2)15(20)14-8-18-5-6-19-14/h3-9,15,20H,2H2,1H3. The van der Waals surface area contributed by atoms with Gasteiger partial charge in [-0.3, -0.25) is 9.97 Å². The molecule has 0 aliphatic heterocycles. The van der Waals surface area contributed by atoms with Crippen LogP contribution in [0.4, 0.5) is 0 Å². The molecule has 104 valence electrons. The van der Waals surface area contributed by atoms with Gasteiger partial charge in [-0.25, -0.2) is 0 Å². The van der Waals surface area contributed by atoms with Crippen LogP contribution in [0.1, 0.15) is 30.2 Å². The lowest BCUT2D eigenvalue weighted by Crippen LogP contribution is -2.09. The number of aromatic nitrogens is 2. The maximum Gasteiger partial charge on any atom is 0.119 e. The van der Waals surface area contributed by atoms with Crippen LogP contribution in [0.5, 0.6) is 0 Å². The van der Waals surface area contributed by atoms with Crippen molar-refractivity contribution >= 4 is 23.2 Å². The summed E-state index contributed by atoms with van der Waals surface area (Å²) in [7, 11) is 0. The second-order valence-electron chi connectivity index (χ2n) is 4.50. The van der Waals surface area contributed by atoms with Gasteiger partial charge in [-0.15, -0.1) is 0 Å². The highest BCUT2D eigenvalue weighted by Gasteiger charge is 2.21. The van der Waals surface area contributed by atoms with Gasteiger partial charge in [-0.05, 0) is 23.3 Å². The van der Waals surface area contributed by atoms with E-state index in [-0.39, 0.29) is 5.92 Å². The van der Waals surface area contributed by atoms with Crippen LogP contribution in [0.2, 0.25) is 10.0 Å². The second-order valence-corrected chi connectivity index (χ2v) is 5.34. The fourth-order valence-electron chi connectivity index (χ4n) is 1.93. The van der Waals surface area contributed by atoms with Crippen LogP contribution in [-0.4, -0.2) is 15.1 Å². The highest BCUT2D eigenvalue weighted by atomic mass is 35.5. The molecule has 0 aliphatic rings. The molecule has 1 heterocycles. The van der Waals surface area contributed by atoms with Crippen LogP contribution in [0.3, 0.4) is 0 Å². The van der Waals surface area contributed by atoms with Crippen LogP contribution >= 0.6 is 23.2 Å². The molecule has 20 heavy (non-hydrogen) atoms. The van der Waals surface area contributed by atoms with Crippen molar-refractivity contribution in [2.45, 2.75) is 18.9 Å². The SMILES string of the molecule is C=C(C(C)c1ccc(Cl)cc1Cl)C(O)c1cnccn1. The number of halogens is 2. The monoisotopic (exact) mass is 308 g/mol. The molecule has 2 aromatic rings. The summed E-state index contributed by atoms with van der Waals surface area (Å²) in [5.41, 5.74) is 1.94. The van der Waals surface area contributed by atoms with E-state index in [0.29, 0.717) is 21.3 Å². The number of aliphatic hydroxyl groups excluding tert-OH is 1. The predicted molar refractivity (Wildman–Crippen MR) is 81.0 cm³/mol. The molecule has 2 atom stereocenters. The molecule has 1 aromatic carbocycles. The average Bonchev–Trinajstić information content (AvgIpc) is 2.46. The lowest BCUT2D eigenvalue weighted by molar-refractivity contribution is 0.204. The van der Waals surface area contributed by atoms with E-state index >= 15 is 0 Å². The van der Waals surface area contributed by atoms with Gasteiger partial charge in [0.15, 0.2) is 0 Å². The van der Waals surface area contributed by atoms with Gasteiger partial charge >= 0.3 is 0 Å². The normalized spacial score (nSPS) is 13.8. The molecular formula is C15H14Cl2N2O. The van der Waals surface area contributed by atoms with E-state index in [2.05, 4.69) is 16.5 Å². The first kappa shape index (κ1) is 15.0. The van der Waals surface area contributed by atoms with Crippen LogP contribution in [0, 0.1) is 0 Å². The predicted octanol–water partition coefficient (Wildman–Crippen LogP) is 4.18. The molecule has 5 heteroatoms. The molecule has 1 N–H and O–H groups in total. The van der Waals surface area contributed by atoms with Crippen LogP contribution in [-0.2, 0) is 0 Å².